The molecule has 3 atom stereocenters. The molecule has 2 aromatic rings. The number of aliphatic carboxylic acids is 1. The zero-order valence-electron chi connectivity index (χ0n) is 21.7. The standard InChI is InChI=1S/C29H31N3O7S/c33-25(30-21(11-15-26(34)35)27(36)31-22-16-17-32(28(22)37)29(38)39)14-8-18-6-9-20(10-7-18)24-13-12-23(40-24)19-4-2-1-3-5-19/h1-7,9-10,12,21-22,24H,8,11,13-17H2,(H,30,33)(H,31,36)(H,34,35)(H,38,39)/t21-,22-,24?/m0/s1. The number of imide groups is 1. The lowest BCUT2D eigenvalue weighted by Gasteiger charge is -2.20. The molecule has 2 aromatic carbocycles. The van der Waals surface area contributed by atoms with E-state index in [2.05, 4.69) is 41.0 Å². The first-order valence-electron chi connectivity index (χ1n) is 13.1. The molecule has 1 unspecified atom stereocenters. The van der Waals surface area contributed by atoms with Crippen LogP contribution in [-0.2, 0) is 25.6 Å². The Balaban J connectivity index is 1.28. The van der Waals surface area contributed by atoms with Gasteiger partial charge in [0.2, 0.25) is 11.8 Å². The van der Waals surface area contributed by atoms with E-state index in [1.807, 2.05) is 42.1 Å². The van der Waals surface area contributed by atoms with E-state index in [1.54, 1.807) is 0 Å². The fourth-order valence-corrected chi connectivity index (χ4v) is 5.95. The molecule has 0 spiro atoms. The van der Waals surface area contributed by atoms with Crippen LogP contribution in [0.2, 0.25) is 0 Å². The first kappa shape index (κ1) is 28.9. The van der Waals surface area contributed by atoms with Crippen molar-refractivity contribution in [1.29, 1.82) is 0 Å². The zero-order valence-corrected chi connectivity index (χ0v) is 22.6. The molecule has 0 aromatic heterocycles. The van der Waals surface area contributed by atoms with Gasteiger partial charge in [0.15, 0.2) is 0 Å². The molecule has 2 aliphatic rings. The molecule has 0 saturated carbocycles. The van der Waals surface area contributed by atoms with E-state index in [0.717, 1.165) is 12.0 Å². The molecule has 11 heteroatoms. The number of hydrogen-bond donors (Lipinski definition) is 4. The second-order valence-corrected chi connectivity index (χ2v) is 10.9. The van der Waals surface area contributed by atoms with Gasteiger partial charge in [-0.1, -0.05) is 60.7 Å². The van der Waals surface area contributed by atoms with Crippen molar-refractivity contribution in [3.05, 3.63) is 77.4 Å². The SMILES string of the molecule is O=C(O)CC[C@H](NC(=O)CCc1ccc(C2CC=C(c3ccccc3)S2)cc1)C(=O)N[C@H]1CCN(C(=O)O)C1=O. The van der Waals surface area contributed by atoms with Crippen molar-refractivity contribution in [3.63, 3.8) is 0 Å². The monoisotopic (exact) mass is 565 g/mol. The van der Waals surface area contributed by atoms with Crippen LogP contribution in [0.1, 0.15) is 54.0 Å². The summed E-state index contributed by atoms with van der Waals surface area (Å²) in [5.74, 6) is -3.03. The van der Waals surface area contributed by atoms with Gasteiger partial charge in [-0.15, -0.1) is 11.8 Å². The van der Waals surface area contributed by atoms with Crippen LogP contribution in [0.3, 0.4) is 0 Å². The van der Waals surface area contributed by atoms with Gasteiger partial charge in [-0.2, -0.15) is 0 Å². The largest absolute Gasteiger partial charge is 0.481 e. The number of thioether (sulfide) groups is 1. The van der Waals surface area contributed by atoms with Crippen molar-refractivity contribution in [2.45, 2.75) is 55.9 Å². The second-order valence-electron chi connectivity index (χ2n) is 9.69. The van der Waals surface area contributed by atoms with Gasteiger partial charge in [0.1, 0.15) is 12.1 Å². The summed E-state index contributed by atoms with van der Waals surface area (Å²) in [5, 5.41) is 23.5. The van der Waals surface area contributed by atoms with Crippen LogP contribution >= 0.6 is 11.8 Å². The number of allylic oxidation sites excluding steroid dienone is 1. The van der Waals surface area contributed by atoms with Crippen LogP contribution in [0.25, 0.3) is 4.91 Å². The molecule has 0 radical (unpaired) electrons. The lowest BCUT2D eigenvalue weighted by molar-refractivity contribution is -0.138. The van der Waals surface area contributed by atoms with E-state index in [-0.39, 0.29) is 32.2 Å². The molecular formula is C29H31N3O7S. The Hall–Kier alpha value is -4.12. The highest BCUT2D eigenvalue weighted by atomic mass is 32.2. The van der Waals surface area contributed by atoms with Crippen LogP contribution in [0.4, 0.5) is 4.79 Å². The van der Waals surface area contributed by atoms with Gasteiger partial charge in [0.05, 0.1) is 0 Å². The van der Waals surface area contributed by atoms with Crippen LogP contribution in [0.15, 0.2) is 60.7 Å². The number of carboxylic acid groups (broad SMARTS) is 2. The van der Waals surface area contributed by atoms with Gasteiger partial charge in [-0.05, 0) is 42.4 Å². The molecule has 4 N–H and O–H groups in total. The van der Waals surface area contributed by atoms with Gasteiger partial charge < -0.3 is 20.8 Å². The molecular weight excluding hydrogens is 534 g/mol. The van der Waals surface area contributed by atoms with Crippen molar-refractivity contribution in [2.24, 2.45) is 0 Å². The van der Waals surface area contributed by atoms with Gasteiger partial charge >= 0.3 is 12.1 Å². The normalized spacial score (nSPS) is 19.1. The van der Waals surface area contributed by atoms with Gasteiger partial charge in [-0.3, -0.25) is 19.2 Å². The Morgan fingerprint density at radius 1 is 1.00 bits per heavy atom. The Morgan fingerprint density at radius 2 is 1.73 bits per heavy atom. The Labute approximate surface area is 235 Å². The molecule has 40 heavy (non-hydrogen) atoms. The summed E-state index contributed by atoms with van der Waals surface area (Å²) in [6.07, 6.45) is 1.89. The van der Waals surface area contributed by atoms with E-state index < -0.39 is 41.9 Å². The number of carbonyl (C=O) groups excluding carboxylic acids is 3. The maximum absolute atomic E-state index is 12.8. The number of amides is 4. The fraction of sp³-hybridized carbons (Fsp3) is 0.345. The zero-order chi connectivity index (χ0) is 28.6. The highest BCUT2D eigenvalue weighted by molar-refractivity contribution is 8.08. The minimum Gasteiger partial charge on any atom is -0.481 e. The average molecular weight is 566 g/mol. The summed E-state index contributed by atoms with van der Waals surface area (Å²) >= 11 is 1.83. The topological polar surface area (TPSA) is 153 Å². The third-order valence-corrected chi connectivity index (χ3v) is 8.29. The average Bonchev–Trinajstić information content (AvgIpc) is 3.58. The number of benzene rings is 2. The van der Waals surface area contributed by atoms with Crippen molar-refractivity contribution in [1.82, 2.24) is 15.5 Å². The lowest BCUT2D eigenvalue weighted by Crippen LogP contribution is -2.52. The van der Waals surface area contributed by atoms with Crippen molar-refractivity contribution >= 4 is 46.5 Å². The molecule has 1 saturated heterocycles. The van der Waals surface area contributed by atoms with E-state index in [0.29, 0.717) is 16.6 Å². The number of hydrogen-bond acceptors (Lipinski definition) is 6. The summed E-state index contributed by atoms with van der Waals surface area (Å²) < 4.78 is 0. The maximum Gasteiger partial charge on any atom is 0.414 e. The van der Waals surface area contributed by atoms with E-state index in [1.165, 1.54) is 16.0 Å². The van der Waals surface area contributed by atoms with E-state index >= 15 is 0 Å². The first-order chi connectivity index (χ1) is 19.2. The molecule has 2 aliphatic heterocycles. The quantitative estimate of drug-likeness (QED) is 0.323. The number of rotatable bonds is 11. The van der Waals surface area contributed by atoms with Crippen LogP contribution < -0.4 is 10.6 Å². The molecule has 4 amide bonds. The van der Waals surface area contributed by atoms with E-state index in [4.69, 9.17) is 10.2 Å². The third-order valence-electron chi connectivity index (χ3n) is 6.89. The fourth-order valence-electron chi connectivity index (χ4n) is 4.69. The van der Waals surface area contributed by atoms with Crippen molar-refractivity contribution in [3.8, 4) is 0 Å². The molecule has 210 valence electrons. The molecule has 10 nitrogen and oxygen atoms in total. The number of aryl methyl sites for hydroxylation is 1. The number of carbonyl (C=O) groups is 5. The van der Waals surface area contributed by atoms with Gasteiger partial charge in [0.25, 0.3) is 5.91 Å². The van der Waals surface area contributed by atoms with Crippen LogP contribution in [0, 0.1) is 0 Å². The molecule has 0 bridgehead atoms. The summed E-state index contributed by atoms with van der Waals surface area (Å²) in [7, 11) is 0. The Kier molecular flexibility index (Phi) is 9.60. The molecule has 0 aliphatic carbocycles. The first-order valence-corrected chi connectivity index (χ1v) is 14.0. The summed E-state index contributed by atoms with van der Waals surface area (Å²) in [4.78, 5) is 61.7. The third kappa shape index (κ3) is 7.50. The summed E-state index contributed by atoms with van der Waals surface area (Å²) in [6.45, 7) is -0.0474. The van der Waals surface area contributed by atoms with Crippen LogP contribution in [-0.4, -0.2) is 63.5 Å². The number of nitrogens with zero attached hydrogens (tertiary/aromatic N) is 1. The molecule has 4 rings (SSSR count). The predicted octanol–water partition coefficient (Wildman–Crippen LogP) is 3.58. The minimum absolute atomic E-state index is 0.0474. The summed E-state index contributed by atoms with van der Waals surface area (Å²) in [5.41, 5.74) is 3.37. The smallest absolute Gasteiger partial charge is 0.414 e. The van der Waals surface area contributed by atoms with Crippen molar-refractivity contribution in [2.75, 3.05) is 6.54 Å². The van der Waals surface area contributed by atoms with Crippen LogP contribution in [0.5, 0.6) is 0 Å². The van der Waals surface area contributed by atoms with E-state index in [9.17, 15) is 24.0 Å². The maximum atomic E-state index is 12.8. The minimum atomic E-state index is -1.40. The van der Waals surface area contributed by atoms with Gasteiger partial charge in [-0.25, -0.2) is 9.69 Å². The lowest BCUT2D eigenvalue weighted by atomic mass is 10.0. The van der Waals surface area contributed by atoms with Gasteiger partial charge in [0, 0.05) is 29.5 Å². The number of carboxylic acids is 1. The summed E-state index contributed by atoms with van der Waals surface area (Å²) in [6, 6.07) is 16.2. The Morgan fingerprint density at radius 3 is 2.38 bits per heavy atom. The highest BCUT2D eigenvalue weighted by Gasteiger charge is 2.37. The Bertz CT molecular complexity index is 1300. The predicted molar refractivity (Wildman–Crippen MR) is 149 cm³/mol. The highest BCUT2D eigenvalue weighted by Crippen LogP contribution is 2.48. The number of likely N-dealkylation sites (tertiary alicyclic amines) is 1. The molecule has 1 fully saturated rings. The molecule has 2 heterocycles. The van der Waals surface area contributed by atoms with Crippen molar-refractivity contribution < 1.29 is 34.2 Å². The second kappa shape index (κ2) is 13.3. The number of nitrogens with one attached hydrogen (secondary N) is 2.